The molecule has 0 aliphatic heterocycles. The highest BCUT2D eigenvalue weighted by molar-refractivity contribution is 7.16. The average Bonchev–Trinajstić information content (AvgIpc) is 3.01. The number of amides is 1. The van der Waals surface area contributed by atoms with Crippen molar-refractivity contribution < 1.29 is 14.3 Å². The van der Waals surface area contributed by atoms with Crippen LogP contribution in [0.2, 0.25) is 0 Å². The number of H-pyrrole nitrogens is 1. The van der Waals surface area contributed by atoms with Crippen molar-refractivity contribution in [3.8, 4) is 0 Å². The second kappa shape index (κ2) is 9.00. The van der Waals surface area contributed by atoms with Gasteiger partial charge in [-0.3, -0.25) is 9.59 Å². The van der Waals surface area contributed by atoms with Crippen LogP contribution >= 0.6 is 11.3 Å². The lowest BCUT2D eigenvalue weighted by Gasteiger charge is -2.08. The number of ether oxygens (including phenoxy) is 1. The van der Waals surface area contributed by atoms with Gasteiger partial charge in [-0.05, 0) is 38.0 Å². The number of benzene rings is 1. The van der Waals surface area contributed by atoms with E-state index >= 15 is 0 Å². The summed E-state index contributed by atoms with van der Waals surface area (Å²) < 4.78 is 5.16. The molecule has 0 saturated heterocycles. The highest BCUT2D eigenvalue weighted by Gasteiger charge is 2.23. The van der Waals surface area contributed by atoms with Crippen LogP contribution in [0.5, 0.6) is 0 Å². The largest absolute Gasteiger partial charge is 0.462 e. The molecule has 0 aliphatic rings. The fourth-order valence-electron chi connectivity index (χ4n) is 3.19. The maximum Gasteiger partial charge on any atom is 0.341 e. The van der Waals surface area contributed by atoms with Crippen molar-refractivity contribution in [3.05, 3.63) is 56.4 Å². The Morgan fingerprint density at radius 1 is 1.24 bits per heavy atom. The summed E-state index contributed by atoms with van der Waals surface area (Å²) in [4.78, 5) is 45.1. The molecule has 8 heteroatoms. The van der Waals surface area contributed by atoms with E-state index in [4.69, 9.17) is 4.74 Å². The fraction of sp³-hybridized carbons (Fsp3) is 0.333. The molecular formula is C21H23N3O4S. The molecule has 2 N–H and O–H groups in total. The Hall–Kier alpha value is -3.00. The molecule has 152 valence electrons. The summed E-state index contributed by atoms with van der Waals surface area (Å²) in [6.45, 7) is 5.90. The molecule has 3 aromatic rings. The van der Waals surface area contributed by atoms with E-state index in [-0.39, 0.29) is 30.9 Å². The van der Waals surface area contributed by atoms with Gasteiger partial charge < -0.3 is 15.0 Å². The number of nitrogens with zero attached hydrogens (tertiary/aromatic N) is 1. The first-order valence-corrected chi connectivity index (χ1v) is 10.3. The number of rotatable bonds is 7. The van der Waals surface area contributed by atoms with Crippen molar-refractivity contribution in [2.75, 3.05) is 11.9 Å². The van der Waals surface area contributed by atoms with Gasteiger partial charge in [0.1, 0.15) is 10.8 Å². The number of esters is 1. The SMILES string of the molecule is CCOC(=O)c1c(NC(=O)CCc2nc3ccccc3c(=O)[nH]2)sc(C)c1CC. The molecule has 2 heterocycles. The Balaban J connectivity index is 1.75. The van der Waals surface area contributed by atoms with Crippen LogP contribution in [0, 0.1) is 6.92 Å². The van der Waals surface area contributed by atoms with Gasteiger partial charge in [-0.1, -0.05) is 19.1 Å². The van der Waals surface area contributed by atoms with Crippen LogP contribution in [0.25, 0.3) is 10.9 Å². The van der Waals surface area contributed by atoms with Gasteiger partial charge in [-0.2, -0.15) is 0 Å². The number of fused-ring (bicyclic) bond motifs is 1. The zero-order valence-corrected chi connectivity index (χ0v) is 17.4. The van der Waals surface area contributed by atoms with Gasteiger partial charge in [0, 0.05) is 17.7 Å². The Morgan fingerprint density at radius 3 is 2.72 bits per heavy atom. The van der Waals surface area contributed by atoms with Crippen molar-refractivity contribution >= 4 is 39.1 Å². The number of hydrogen-bond donors (Lipinski definition) is 2. The Kier molecular flexibility index (Phi) is 6.43. The number of aromatic nitrogens is 2. The summed E-state index contributed by atoms with van der Waals surface area (Å²) >= 11 is 1.37. The van der Waals surface area contributed by atoms with Gasteiger partial charge in [0.2, 0.25) is 5.91 Å². The van der Waals surface area contributed by atoms with E-state index in [2.05, 4.69) is 15.3 Å². The van der Waals surface area contributed by atoms with Crippen LogP contribution < -0.4 is 10.9 Å². The lowest BCUT2D eigenvalue weighted by molar-refractivity contribution is -0.116. The molecule has 0 unspecified atom stereocenters. The van der Waals surface area contributed by atoms with Gasteiger partial charge in [-0.25, -0.2) is 9.78 Å². The van der Waals surface area contributed by atoms with Crippen molar-refractivity contribution in [3.63, 3.8) is 0 Å². The average molecular weight is 413 g/mol. The second-order valence-electron chi connectivity index (χ2n) is 6.49. The number of para-hydroxylation sites is 1. The summed E-state index contributed by atoms with van der Waals surface area (Å²) in [6.07, 6.45) is 1.09. The van der Waals surface area contributed by atoms with Gasteiger partial charge in [0.15, 0.2) is 0 Å². The van der Waals surface area contributed by atoms with Gasteiger partial charge >= 0.3 is 5.97 Å². The quantitative estimate of drug-likeness (QED) is 0.576. The maximum absolute atomic E-state index is 12.5. The minimum atomic E-state index is -0.426. The fourth-order valence-corrected chi connectivity index (χ4v) is 4.34. The number of carbonyl (C=O) groups is 2. The highest BCUT2D eigenvalue weighted by atomic mass is 32.1. The Bertz CT molecular complexity index is 1120. The number of aryl methyl sites for hydroxylation is 2. The zero-order chi connectivity index (χ0) is 21.0. The van der Waals surface area contributed by atoms with E-state index < -0.39 is 5.97 Å². The van der Waals surface area contributed by atoms with E-state index in [1.165, 1.54) is 11.3 Å². The van der Waals surface area contributed by atoms with E-state index in [1.54, 1.807) is 25.1 Å². The number of carbonyl (C=O) groups excluding carboxylic acids is 2. The van der Waals surface area contributed by atoms with E-state index in [9.17, 15) is 14.4 Å². The monoisotopic (exact) mass is 413 g/mol. The first kappa shape index (κ1) is 20.7. The summed E-state index contributed by atoms with van der Waals surface area (Å²) in [7, 11) is 0. The standard InChI is InChI=1S/C21H23N3O4S/c1-4-13-12(3)29-20(18(13)21(27)28-5-2)24-17(25)11-10-16-22-15-9-7-6-8-14(15)19(26)23-16/h6-9H,4-5,10-11H2,1-3H3,(H,24,25)(H,22,23,26). The molecule has 0 atom stereocenters. The number of aromatic amines is 1. The molecule has 0 saturated carbocycles. The molecule has 0 fully saturated rings. The highest BCUT2D eigenvalue weighted by Crippen LogP contribution is 2.34. The molecule has 3 rings (SSSR count). The van der Waals surface area contributed by atoms with Crippen LogP contribution in [0.1, 0.15) is 46.9 Å². The zero-order valence-electron chi connectivity index (χ0n) is 16.6. The summed E-state index contributed by atoms with van der Waals surface area (Å²) in [5, 5.41) is 3.84. The van der Waals surface area contributed by atoms with E-state index in [0.29, 0.717) is 33.7 Å². The van der Waals surface area contributed by atoms with Gasteiger partial charge in [0.05, 0.1) is 23.1 Å². The van der Waals surface area contributed by atoms with E-state index in [0.717, 1.165) is 10.4 Å². The van der Waals surface area contributed by atoms with Crippen molar-refractivity contribution in [2.24, 2.45) is 0 Å². The molecule has 0 bridgehead atoms. The maximum atomic E-state index is 12.5. The molecule has 1 amide bonds. The normalized spacial score (nSPS) is 10.9. The smallest absolute Gasteiger partial charge is 0.341 e. The van der Waals surface area contributed by atoms with E-state index in [1.807, 2.05) is 19.9 Å². The van der Waals surface area contributed by atoms with Crippen LogP contribution in [-0.2, 0) is 22.4 Å². The van der Waals surface area contributed by atoms with Crippen molar-refractivity contribution in [1.82, 2.24) is 9.97 Å². The van der Waals surface area contributed by atoms with Crippen LogP contribution in [-0.4, -0.2) is 28.5 Å². The lowest BCUT2D eigenvalue weighted by atomic mass is 10.1. The number of nitrogens with one attached hydrogen (secondary N) is 2. The molecule has 0 radical (unpaired) electrons. The molecule has 0 spiro atoms. The van der Waals surface area contributed by atoms with Crippen LogP contribution in [0.3, 0.4) is 0 Å². The first-order chi connectivity index (χ1) is 13.9. The molecule has 29 heavy (non-hydrogen) atoms. The summed E-state index contributed by atoms with van der Waals surface area (Å²) in [5.74, 6) is -0.231. The van der Waals surface area contributed by atoms with Gasteiger partial charge in [0.25, 0.3) is 5.56 Å². The minimum absolute atomic E-state index is 0.127. The Labute approximate surface area is 172 Å². The predicted molar refractivity (Wildman–Crippen MR) is 114 cm³/mol. The van der Waals surface area contributed by atoms with Crippen LogP contribution in [0.4, 0.5) is 5.00 Å². The molecular weight excluding hydrogens is 390 g/mol. The number of thiophene rings is 1. The third-order valence-corrected chi connectivity index (χ3v) is 5.61. The first-order valence-electron chi connectivity index (χ1n) is 9.51. The van der Waals surface area contributed by atoms with Crippen LogP contribution in [0.15, 0.2) is 29.1 Å². The predicted octanol–water partition coefficient (Wildman–Crippen LogP) is 3.60. The second-order valence-corrected chi connectivity index (χ2v) is 7.72. The molecule has 2 aromatic heterocycles. The Morgan fingerprint density at radius 2 is 2.00 bits per heavy atom. The van der Waals surface area contributed by atoms with Gasteiger partial charge in [-0.15, -0.1) is 11.3 Å². The van der Waals surface area contributed by atoms with Crippen molar-refractivity contribution in [2.45, 2.75) is 40.0 Å². The molecule has 0 aliphatic carbocycles. The third kappa shape index (κ3) is 4.54. The lowest BCUT2D eigenvalue weighted by Crippen LogP contribution is -2.17. The molecule has 1 aromatic carbocycles. The molecule has 7 nitrogen and oxygen atoms in total. The topological polar surface area (TPSA) is 101 Å². The summed E-state index contributed by atoms with van der Waals surface area (Å²) in [6, 6.07) is 7.06. The minimum Gasteiger partial charge on any atom is -0.462 e. The third-order valence-electron chi connectivity index (χ3n) is 4.55. The summed E-state index contributed by atoms with van der Waals surface area (Å²) in [5.41, 5.74) is 1.70. The number of anilines is 1. The number of hydrogen-bond acceptors (Lipinski definition) is 6. The van der Waals surface area contributed by atoms with Crippen molar-refractivity contribution in [1.29, 1.82) is 0 Å².